The van der Waals surface area contributed by atoms with Gasteiger partial charge in [0, 0.05) is 0 Å². The lowest BCUT2D eigenvalue weighted by atomic mass is 9.33. The number of fused-ring (bicyclic) bond motifs is 7. The molecule has 2 aliphatic heterocycles. The van der Waals surface area contributed by atoms with Crippen molar-refractivity contribution in [2.45, 2.75) is 187 Å². The smallest absolute Gasteiger partial charge is 0.337 e. The highest BCUT2D eigenvalue weighted by Crippen LogP contribution is 2.76. The normalized spacial score (nSPS) is 52.3. The number of aliphatic hydroxyl groups excluding tert-OH is 5. The van der Waals surface area contributed by atoms with E-state index in [-0.39, 0.29) is 33.5 Å². The molecule has 0 aromatic rings. The lowest BCUT2D eigenvalue weighted by Gasteiger charge is -2.71. The first-order valence-corrected chi connectivity index (χ1v) is 21.0. The van der Waals surface area contributed by atoms with Crippen LogP contribution >= 0.6 is 0 Å². The molecule has 6 N–H and O–H groups in total. The van der Waals surface area contributed by atoms with Gasteiger partial charge in [-0.1, -0.05) is 60.1 Å². The second-order valence-electron chi connectivity index (χ2n) is 20.9. The van der Waals surface area contributed by atoms with Gasteiger partial charge in [-0.3, -0.25) is 4.79 Å². The first kappa shape index (κ1) is 42.4. The molecule has 0 aromatic heterocycles. The molecule has 2 saturated heterocycles. The largest absolute Gasteiger partial charge is 0.481 e. The zero-order valence-electron chi connectivity index (χ0n) is 34.8. The van der Waals surface area contributed by atoms with Gasteiger partial charge in [-0.15, -0.1) is 0 Å². The summed E-state index contributed by atoms with van der Waals surface area (Å²) >= 11 is 0. The molecule has 0 unspecified atom stereocenters. The quantitative estimate of drug-likeness (QED) is 0.128. The molecule has 318 valence electrons. The Hall–Kier alpha value is -1.68. The molecule has 7 aliphatic rings. The van der Waals surface area contributed by atoms with Crippen LogP contribution in [0.15, 0.2) is 11.6 Å². The van der Waals surface area contributed by atoms with Crippen molar-refractivity contribution in [3.8, 4) is 0 Å². The number of allylic oxidation sites excluding steroid dienone is 2. The number of carboxylic acids is 1. The Morgan fingerprint density at radius 1 is 0.750 bits per heavy atom. The van der Waals surface area contributed by atoms with Crippen LogP contribution in [0.4, 0.5) is 0 Å². The Kier molecular flexibility index (Phi) is 10.8. The van der Waals surface area contributed by atoms with E-state index in [2.05, 4.69) is 54.5 Å². The van der Waals surface area contributed by atoms with Crippen molar-refractivity contribution in [3.63, 3.8) is 0 Å². The first-order valence-electron chi connectivity index (χ1n) is 21.0. The highest BCUT2D eigenvalue weighted by molar-refractivity contribution is 5.77. The number of hydrogen-bond donors (Lipinski definition) is 6. The number of hydrogen-bond acceptors (Lipinski definition) is 12. The van der Waals surface area contributed by atoms with Crippen LogP contribution < -0.4 is 0 Å². The van der Waals surface area contributed by atoms with E-state index >= 15 is 0 Å². The summed E-state index contributed by atoms with van der Waals surface area (Å²) in [5, 5.41) is 64.9. The molecule has 18 atom stereocenters. The van der Waals surface area contributed by atoms with Gasteiger partial charge in [0.25, 0.3) is 0 Å². The number of rotatable bonds is 6. The molecule has 6 fully saturated rings. The van der Waals surface area contributed by atoms with E-state index in [0.29, 0.717) is 18.8 Å². The Bertz CT molecular complexity index is 1560. The standard InChI is InChI=1S/C43H68O13/c1-21-27(44)28(45)29(46)35(53-21)55-32-30(47)33(34(49)52-9)56-36(31(32)48)54-26-13-14-40(6)24(39(26,4)5)12-15-42(8)25(40)11-10-22-23-20-38(2,3)16-18-43(23,37(50)51)19-17-41(22,42)7/h10,21,23-33,35-36,44-48H,11-20H2,1-9H3,(H,50,51)/t21-,23-,24-,25+,26-,27-,28+,29+,30-,31+,32-,33-,35-,36+,40-,41+,42+,43-/m0/s1. The Morgan fingerprint density at radius 2 is 1.41 bits per heavy atom. The predicted octanol–water partition coefficient (Wildman–Crippen LogP) is 4.09. The van der Waals surface area contributed by atoms with Crippen LogP contribution in [-0.2, 0) is 33.3 Å². The van der Waals surface area contributed by atoms with Gasteiger partial charge in [0.1, 0.15) is 36.6 Å². The third-order valence-corrected chi connectivity index (χ3v) is 17.4. The number of aliphatic carboxylic acids is 1. The highest BCUT2D eigenvalue weighted by atomic mass is 16.7. The summed E-state index contributed by atoms with van der Waals surface area (Å²) < 4.78 is 29.1. The maximum atomic E-state index is 13.1. The summed E-state index contributed by atoms with van der Waals surface area (Å²) in [6, 6.07) is 0. The molecule has 0 radical (unpaired) electrons. The summed E-state index contributed by atoms with van der Waals surface area (Å²) in [5.74, 6) is -0.893. The van der Waals surface area contributed by atoms with Crippen LogP contribution in [0.3, 0.4) is 0 Å². The minimum Gasteiger partial charge on any atom is -0.481 e. The minimum atomic E-state index is -1.74. The zero-order chi connectivity index (χ0) is 41.1. The predicted molar refractivity (Wildman–Crippen MR) is 201 cm³/mol. The number of ether oxygens (including phenoxy) is 5. The van der Waals surface area contributed by atoms with E-state index in [4.69, 9.17) is 23.7 Å². The molecule has 0 spiro atoms. The molecule has 0 amide bonds. The van der Waals surface area contributed by atoms with Crippen LogP contribution in [-0.4, -0.2) is 117 Å². The van der Waals surface area contributed by atoms with E-state index < -0.39 is 90.3 Å². The zero-order valence-corrected chi connectivity index (χ0v) is 34.8. The van der Waals surface area contributed by atoms with Gasteiger partial charge in [-0.05, 0) is 116 Å². The van der Waals surface area contributed by atoms with Crippen molar-refractivity contribution in [2.24, 2.45) is 50.2 Å². The average molecular weight is 793 g/mol. The second kappa shape index (κ2) is 14.2. The van der Waals surface area contributed by atoms with Gasteiger partial charge in [-0.2, -0.15) is 0 Å². The number of carbonyl (C=O) groups is 2. The minimum absolute atomic E-state index is 0.0255. The number of carboxylic acid groups (broad SMARTS) is 1. The summed E-state index contributed by atoms with van der Waals surface area (Å²) in [4.78, 5) is 26.0. The lowest BCUT2D eigenvalue weighted by molar-refractivity contribution is -0.363. The monoisotopic (exact) mass is 792 g/mol. The molecule has 4 saturated carbocycles. The van der Waals surface area contributed by atoms with Crippen LogP contribution in [0.25, 0.3) is 0 Å². The van der Waals surface area contributed by atoms with Crippen LogP contribution in [0, 0.1) is 50.2 Å². The van der Waals surface area contributed by atoms with E-state index in [1.165, 1.54) is 12.5 Å². The van der Waals surface area contributed by atoms with Gasteiger partial charge in [0.2, 0.25) is 0 Å². The van der Waals surface area contributed by atoms with Crippen molar-refractivity contribution in [1.29, 1.82) is 0 Å². The van der Waals surface area contributed by atoms with E-state index in [1.807, 2.05) is 0 Å². The van der Waals surface area contributed by atoms with E-state index in [9.17, 15) is 40.2 Å². The maximum absolute atomic E-state index is 13.1. The van der Waals surface area contributed by atoms with Crippen molar-refractivity contribution in [2.75, 3.05) is 7.11 Å². The molecule has 13 nitrogen and oxygen atoms in total. The summed E-state index contributed by atoms with van der Waals surface area (Å²) in [5.41, 5.74) is 0.191. The van der Waals surface area contributed by atoms with Gasteiger partial charge < -0.3 is 54.3 Å². The molecular weight excluding hydrogens is 724 g/mol. The van der Waals surface area contributed by atoms with E-state index in [1.54, 1.807) is 0 Å². The van der Waals surface area contributed by atoms with Crippen LogP contribution in [0.1, 0.15) is 120 Å². The fourth-order valence-electron chi connectivity index (χ4n) is 13.7. The fraction of sp³-hybridized carbons (Fsp3) is 0.907. The van der Waals surface area contributed by atoms with Gasteiger partial charge in [0.15, 0.2) is 18.7 Å². The van der Waals surface area contributed by atoms with Crippen molar-refractivity contribution >= 4 is 11.9 Å². The number of esters is 1. The molecule has 13 heteroatoms. The number of carbonyl (C=O) groups excluding carboxylic acids is 1. The van der Waals surface area contributed by atoms with Gasteiger partial charge in [0.05, 0.1) is 24.7 Å². The topological polar surface area (TPSA) is 202 Å². The maximum Gasteiger partial charge on any atom is 0.337 e. The number of methoxy groups -OCH3 is 1. The molecular formula is C43H68O13. The average Bonchev–Trinajstić information content (AvgIpc) is 3.12. The Labute approximate surface area is 331 Å². The lowest BCUT2D eigenvalue weighted by Crippen LogP contribution is -2.67. The molecule has 7 rings (SSSR count). The van der Waals surface area contributed by atoms with Gasteiger partial charge >= 0.3 is 11.9 Å². The van der Waals surface area contributed by atoms with E-state index in [0.717, 1.165) is 58.5 Å². The Morgan fingerprint density at radius 3 is 2.07 bits per heavy atom. The molecule has 56 heavy (non-hydrogen) atoms. The summed E-state index contributed by atoms with van der Waals surface area (Å²) in [6.07, 6.45) is -4.53. The van der Waals surface area contributed by atoms with Crippen molar-refractivity contribution in [3.05, 3.63) is 11.6 Å². The SMILES string of the molecule is COC(=O)[C@H]1O[C@@H](O[C@H]2CC[C@]3(C)[C@H]4CC=C5[C@@H]6CC(C)(C)CC[C@]6(C(=O)O)CC[C@@]5(C)[C@]4(C)CC[C@H]3C2(C)C)[C@H](O)[C@@H](O[C@@H]2O[C@@H](C)[C@H](O)[C@@H](O)[C@H]2O)[C@@H]1O. The molecule has 0 aromatic carbocycles. The third kappa shape index (κ3) is 6.18. The molecule has 0 bridgehead atoms. The van der Waals surface area contributed by atoms with Crippen molar-refractivity contribution < 1.29 is 63.9 Å². The Balaban J connectivity index is 1.14. The molecule has 5 aliphatic carbocycles. The summed E-state index contributed by atoms with van der Waals surface area (Å²) in [7, 11) is 1.15. The van der Waals surface area contributed by atoms with Gasteiger partial charge in [-0.25, -0.2) is 4.79 Å². The van der Waals surface area contributed by atoms with Crippen LogP contribution in [0.5, 0.6) is 0 Å². The fourth-order valence-corrected chi connectivity index (χ4v) is 13.7. The first-order chi connectivity index (χ1) is 26.0. The van der Waals surface area contributed by atoms with Crippen LogP contribution in [0.2, 0.25) is 0 Å². The van der Waals surface area contributed by atoms with Crippen molar-refractivity contribution in [1.82, 2.24) is 0 Å². The third-order valence-electron chi connectivity index (χ3n) is 17.4. The highest BCUT2D eigenvalue weighted by Gasteiger charge is 2.69. The number of aliphatic hydroxyl groups is 5. The second-order valence-corrected chi connectivity index (χ2v) is 20.9. The summed E-state index contributed by atoms with van der Waals surface area (Å²) in [6.45, 7) is 17.9. The molecule has 2 heterocycles.